The van der Waals surface area contributed by atoms with Gasteiger partial charge in [0.25, 0.3) is 0 Å². The van der Waals surface area contributed by atoms with E-state index in [1.54, 1.807) is 11.4 Å². The van der Waals surface area contributed by atoms with E-state index >= 15 is 0 Å². The number of hydrogen-bond acceptors (Lipinski definition) is 3. The zero-order valence-electron chi connectivity index (χ0n) is 7.11. The zero-order chi connectivity index (χ0) is 9.97. The molecule has 0 aliphatic rings. The number of halogens is 1. The van der Waals surface area contributed by atoms with Crippen LogP contribution in [-0.2, 0) is 0 Å². The fourth-order valence-electron chi connectivity index (χ4n) is 1.05. The molecular weight excluding hydrogens is 201 g/mol. The predicted molar refractivity (Wildman–Crippen MR) is 51.9 cm³/mol. The van der Waals surface area contributed by atoms with Gasteiger partial charge in [0.05, 0.1) is 6.20 Å². The number of carbonyl (C=O) groups excluding carboxylic acids is 1. The third-order valence-corrected chi connectivity index (χ3v) is 2.43. The molecule has 0 fully saturated rings. The second-order valence-electron chi connectivity index (χ2n) is 2.70. The van der Waals surface area contributed by atoms with Crippen LogP contribution in [0.2, 0.25) is 0 Å². The number of thiophene rings is 1. The average Bonchev–Trinajstić information content (AvgIpc) is 2.71. The smallest absolute Gasteiger partial charge is 0.212 e. The first-order valence-corrected chi connectivity index (χ1v) is 4.90. The molecule has 4 heteroatoms. The SMILES string of the molecule is O=C(c1ccsc1)c1ccc(F)cn1. The van der Waals surface area contributed by atoms with Crippen LogP contribution in [0.1, 0.15) is 16.1 Å². The van der Waals surface area contributed by atoms with Crippen molar-refractivity contribution in [3.8, 4) is 0 Å². The molecular formula is C10H6FNOS. The van der Waals surface area contributed by atoms with Crippen molar-refractivity contribution in [3.63, 3.8) is 0 Å². The van der Waals surface area contributed by atoms with E-state index in [1.807, 2.05) is 5.38 Å². The van der Waals surface area contributed by atoms with E-state index < -0.39 is 5.82 Å². The van der Waals surface area contributed by atoms with Crippen molar-refractivity contribution < 1.29 is 9.18 Å². The van der Waals surface area contributed by atoms with Crippen LogP contribution in [0.15, 0.2) is 35.2 Å². The molecule has 0 radical (unpaired) electrons. The fourth-order valence-corrected chi connectivity index (χ4v) is 1.69. The Hall–Kier alpha value is -1.55. The molecule has 0 aliphatic heterocycles. The molecule has 0 unspecified atom stereocenters. The standard InChI is InChI=1S/C10H6FNOS/c11-8-1-2-9(12-5-8)10(13)7-3-4-14-6-7/h1-6H. The van der Waals surface area contributed by atoms with Crippen molar-refractivity contribution in [1.29, 1.82) is 0 Å². The molecule has 2 heterocycles. The Balaban J connectivity index is 2.33. The Kier molecular flexibility index (Phi) is 2.37. The minimum Gasteiger partial charge on any atom is -0.287 e. The molecule has 14 heavy (non-hydrogen) atoms. The van der Waals surface area contributed by atoms with Crippen molar-refractivity contribution in [2.45, 2.75) is 0 Å². The highest BCUT2D eigenvalue weighted by Crippen LogP contribution is 2.11. The van der Waals surface area contributed by atoms with Crippen LogP contribution >= 0.6 is 11.3 Å². The maximum Gasteiger partial charge on any atom is 0.212 e. The first-order chi connectivity index (χ1) is 6.77. The summed E-state index contributed by atoms with van der Waals surface area (Å²) >= 11 is 1.44. The normalized spacial score (nSPS) is 10.1. The van der Waals surface area contributed by atoms with E-state index in [0.29, 0.717) is 5.56 Å². The maximum atomic E-state index is 12.5. The minimum absolute atomic E-state index is 0.175. The molecule has 0 aliphatic carbocycles. The van der Waals surface area contributed by atoms with Crippen molar-refractivity contribution in [3.05, 3.63) is 52.2 Å². The van der Waals surface area contributed by atoms with Crippen molar-refractivity contribution >= 4 is 17.1 Å². The van der Waals surface area contributed by atoms with Crippen LogP contribution in [-0.4, -0.2) is 10.8 Å². The van der Waals surface area contributed by atoms with Gasteiger partial charge in [0.15, 0.2) is 0 Å². The summed E-state index contributed by atoms with van der Waals surface area (Å²) in [5.74, 6) is -0.613. The Morgan fingerprint density at radius 2 is 2.21 bits per heavy atom. The topological polar surface area (TPSA) is 30.0 Å². The van der Waals surface area contributed by atoms with Crippen LogP contribution in [0.3, 0.4) is 0 Å². The molecule has 0 spiro atoms. The second-order valence-corrected chi connectivity index (χ2v) is 3.48. The lowest BCUT2D eigenvalue weighted by Gasteiger charge is -1.96. The number of hydrogen-bond donors (Lipinski definition) is 0. The van der Waals surface area contributed by atoms with Crippen LogP contribution in [0.4, 0.5) is 4.39 Å². The van der Waals surface area contributed by atoms with Gasteiger partial charge in [0.2, 0.25) is 5.78 Å². The summed E-state index contributed by atoms with van der Waals surface area (Å²) in [6, 6.07) is 4.33. The van der Waals surface area contributed by atoms with Gasteiger partial charge in [-0.2, -0.15) is 11.3 Å². The lowest BCUT2D eigenvalue weighted by Crippen LogP contribution is -2.02. The van der Waals surface area contributed by atoms with Gasteiger partial charge >= 0.3 is 0 Å². The Bertz CT molecular complexity index is 436. The van der Waals surface area contributed by atoms with E-state index in [2.05, 4.69) is 4.98 Å². The van der Waals surface area contributed by atoms with Gasteiger partial charge in [-0.15, -0.1) is 0 Å². The van der Waals surface area contributed by atoms with Crippen LogP contribution in [0, 0.1) is 5.82 Å². The van der Waals surface area contributed by atoms with Crippen molar-refractivity contribution in [2.24, 2.45) is 0 Å². The largest absolute Gasteiger partial charge is 0.287 e. The zero-order valence-corrected chi connectivity index (χ0v) is 7.92. The minimum atomic E-state index is -0.438. The molecule has 2 nitrogen and oxygen atoms in total. The molecule has 0 aromatic carbocycles. The predicted octanol–water partition coefficient (Wildman–Crippen LogP) is 2.51. The molecule has 0 saturated heterocycles. The summed E-state index contributed by atoms with van der Waals surface area (Å²) in [4.78, 5) is 15.4. The number of nitrogens with zero attached hydrogens (tertiary/aromatic N) is 1. The second kappa shape index (κ2) is 3.67. The molecule has 0 N–H and O–H groups in total. The monoisotopic (exact) mass is 207 g/mol. The van der Waals surface area contributed by atoms with E-state index in [1.165, 1.54) is 23.5 Å². The van der Waals surface area contributed by atoms with Gasteiger partial charge in [0.1, 0.15) is 11.5 Å². The molecule has 0 bridgehead atoms. The van der Waals surface area contributed by atoms with Gasteiger partial charge in [-0.05, 0) is 23.6 Å². The summed E-state index contributed by atoms with van der Waals surface area (Å²) in [6.45, 7) is 0. The number of ketones is 1. The summed E-state index contributed by atoms with van der Waals surface area (Å²) in [7, 11) is 0. The molecule has 0 atom stereocenters. The lowest BCUT2D eigenvalue weighted by molar-refractivity contribution is 0.103. The highest BCUT2D eigenvalue weighted by molar-refractivity contribution is 7.08. The lowest BCUT2D eigenvalue weighted by atomic mass is 10.1. The Labute approximate surface area is 84.0 Å². The molecule has 2 rings (SSSR count). The third-order valence-electron chi connectivity index (χ3n) is 1.74. The van der Waals surface area contributed by atoms with Gasteiger partial charge in [0, 0.05) is 10.9 Å². The molecule has 2 aromatic rings. The Morgan fingerprint density at radius 3 is 2.79 bits per heavy atom. The van der Waals surface area contributed by atoms with E-state index in [4.69, 9.17) is 0 Å². The summed E-state index contributed by atoms with van der Waals surface area (Å²) in [5.41, 5.74) is 0.860. The highest BCUT2D eigenvalue weighted by Gasteiger charge is 2.10. The van der Waals surface area contributed by atoms with E-state index in [-0.39, 0.29) is 11.5 Å². The van der Waals surface area contributed by atoms with Crippen LogP contribution in [0.5, 0.6) is 0 Å². The first-order valence-electron chi connectivity index (χ1n) is 3.96. The van der Waals surface area contributed by atoms with E-state index in [0.717, 1.165) is 6.20 Å². The van der Waals surface area contributed by atoms with Crippen LogP contribution in [0.25, 0.3) is 0 Å². The van der Waals surface area contributed by atoms with Crippen molar-refractivity contribution in [2.75, 3.05) is 0 Å². The molecule has 2 aromatic heterocycles. The van der Waals surface area contributed by atoms with Gasteiger partial charge in [-0.25, -0.2) is 9.37 Å². The van der Waals surface area contributed by atoms with Crippen LogP contribution < -0.4 is 0 Å². The highest BCUT2D eigenvalue weighted by atomic mass is 32.1. The Morgan fingerprint density at radius 1 is 1.36 bits per heavy atom. The van der Waals surface area contributed by atoms with Gasteiger partial charge in [-0.3, -0.25) is 4.79 Å². The van der Waals surface area contributed by atoms with Gasteiger partial charge in [-0.1, -0.05) is 0 Å². The molecule has 0 amide bonds. The van der Waals surface area contributed by atoms with Gasteiger partial charge < -0.3 is 0 Å². The number of pyridine rings is 1. The van der Waals surface area contributed by atoms with Crippen molar-refractivity contribution in [1.82, 2.24) is 4.98 Å². The fraction of sp³-hybridized carbons (Fsp3) is 0. The maximum absolute atomic E-state index is 12.5. The molecule has 70 valence electrons. The number of aromatic nitrogens is 1. The summed E-state index contributed by atoms with van der Waals surface area (Å²) < 4.78 is 12.5. The number of rotatable bonds is 2. The van der Waals surface area contributed by atoms with E-state index in [9.17, 15) is 9.18 Å². The summed E-state index contributed by atoms with van der Waals surface area (Å²) in [5, 5.41) is 3.56. The quantitative estimate of drug-likeness (QED) is 0.708. The number of carbonyl (C=O) groups is 1. The summed E-state index contributed by atoms with van der Waals surface area (Å²) in [6.07, 6.45) is 1.04. The third kappa shape index (κ3) is 1.70. The first kappa shape index (κ1) is 9.02. The molecule has 0 saturated carbocycles. The average molecular weight is 207 g/mol.